The Morgan fingerprint density at radius 2 is 1.76 bits per heavy atom. The third-order valence-corrected chi connectivity index (χ3v) is 4.48. The van der Waals surface area contributed by atoms with Crippen molar-refractivity contribution < 1.29 is 14.3 Å². The predicted octanol–water partition coefficient (Wildman–Crippen LogP) is 3.64. The van der Waals surface area contributed by atoms with Gasteiger partial charge in [-0.05, 0) is 19.1 Å². The highest BCUT2D eigenvalue weighted by atomic mass is 16.5. The predicted molar refractivity (Wildman–Crippen MR) is 96.8 cm³/mol. The number of hydrogen-bond donors (Lipinski definition) is 0. The lowest BCUT2D eigenvalue weighted by atomic mass is 10.0. The van der Waals surface area contributed by atoms with Gasteiger partial charge in [-0.1, -0.05) is 48.0 Å². The van der Waals surface area contributed by atoms with E-state index in [0.29, 0.717) is 18.7 Å². The van der Waals surface area contributed by atoms with Crippen molar-refractivity contribution in [3.8, 4) is 5.75 Å². The third-order valence-electron chi connectivity index (χ3n) is 4.48. The molecular formula is C21H23NO3. The summed E-state index contributed by atoms with van der Waals surface area (Å²) >= 11 is 0. The quantitative estimate of drug-likeness (QED) is 0.756. The molecule has 130 valence electrons. The van der Waals surface area contributed by atoms with Crippen LogP contribution in [-0.4, -0.2) is 35.8 Å². The van der Waals surface area contributed by atoms with E-state index < -0.39 is 0 Å². The maximum atomic E-state index is 12.4. The summed E-state index contributed by atoms with van der Waals surface area (Å²) in [5, 5.41) is 0. The molecule has 1 amide bonds. The summed E-state index contributed by atoms with van der Waals surface area (Å²) in [6.07, 6.45) is 1.36. The van der Waals surface area contributed by atoms with Gasteiger partial charge in [0.1, 0.15) is 11.9 Å². The molecule has 2 aromatic carbocycles. The number of carbonyl (C=O) groups is 2. The van der Waals surface area contributed by atoms with Crippen LogP contribution in [0.4, 0.5) is 0 Å². The summed E-state index contributed by atoms with van der Waals surface area (Å²) in [5.74, 6) is 0.876. The maximum Gasteiger partial charge on any atom is 0.223 e. The number of rotatable bonds is 6. The van der Waals surface area contributed by atoms with E-state index in [9.17, 15) is 9.59 Å². The van der Waals surface area contributed by atoms with Crippen molar-refractivity contribution in [1.82, 2.24) is 4.90 Å². The number of ether oxygens (including phenoxy) is 1. The first-order valence-corrected chi connectivity index (χ1v) is 8.71. The third kappa shape index (κ3) is 4.69. The van der Waals surface area contributed by atoms with Gasteiger partial charge in [0.25, 0.3) is 0 Å². The molecule has 0 aliphatic carbocycles. The number of Topliss-reactive ketones (excluding diaryl/α,β-unsaturated/α-hetero) is 1. The average Bonchev–Trinajstić information content (AvgIpc) is 3.09. The molecule has 0 saturated carbocycles. The van der Waals surface area contributed by atoms with Gasteiger partial charge in [0, 0.05) is 31.4 Å². The molecule has 0 N–H and O–H groups in total. The fraction of sp³-hybridized carbons (Fsp3) is 0.333. The van der Waals surface area contributed by atoms with Crippen LogP contribution in [0.15, 0.2) is 54.6 Å². The van der Waals surface area contributed by atoms with Crippen LogP contribution in [0, 0.1) is 6.92 Å². The lowest BCUT2D eigenvalue weighted by Gasteiger charge is -2.17. The molecule has 25 heavy (non-hydrogen) atoms. The molecule has 1 atom stereocenters. The first-order chi connectivity index (χ1) is 12.1. The van der Waals surface area contributed by atoms with Gasteiger partial charge in [-0.25, -0.2) is 0 Å². The molecule has 4 heteroatoms. The molecule has 0 spiro atoms. The van der Waals surface area contributed by atoms with Crippen LogP contribution in [0.1, 0.15) is 35.2 Å². The maximum absolute atomic E-state index is 12.4. The number of ketones is 1. The van der Waals surface area contributed by atoms with Crippen LogP contribution in [0.2, 0.25) is 0 Å². The molecule has 1 aliphatic rings. The van der Waals surface area contributed by atoms with Gasteiger partial charge in [-0.3, -0.25) is 9.59 Å². The SMILES string of the molecule is Cc1ccc(C(=O)CCC(=O)N2CCC(Oc3ccccc3)C2)cc1. The van der Waals surface area contributed by atoms with E-state index in [-0.39, 0.29) is 30.6 Å². The van der Waals surface area contributed by atoms with Crippen molar-refractivity contribution in [2.24, 2.45) is 0 Å². The summed E-state index contributed by atoms with van der Waals surface area (Å²) in [7, 11) is 0. The molecule has 1 aliphatic heterocycles. The first kappa shape index (κ1) is 17.2. The average molecular weight is 337 g/mol. The zero-order chi connectivity index (χ0) is 17.6. The van der Waals surface area contributed by atoms with E-state index in [0.717, 1.165) is 17.7 Å². The normalized spacial score (nSPS) is 16.7. The Morgan fingerprint density at radius 1 is 1.04 bits per heavy atom. The zero-order valence-corrected chi connectivity index (χ0v) is 14.5. The summed E-state index contributed by atoms with van der Waals surface area (Å²) in [5.41, 5.74) is 1.79. The highest BCUT2D eigenvalue weighted by Crippen LogP contribution is 2.19. The number of amides is 1. The van der Waals surface area contributed by atoms with E-state index in [1.165, 1.54) is 0 Å². The fourth-order valence-electron chi connectivity index (χ4n) is 3.00. The molecule has 4 nitrogen and oxygen atoms in total. The van der Waals surface area contributed by atoms with Crippen molar-refractivity contribution in [1.29, 1.82) is 0 Å². The number of likely N-dealkylation sites (tertiary alicyclic amines) is 1. The Balaban J connectivity index is 1.46. The Kier molecular flexibility index (Phi) is 5.49. The molecule has 1 saturated heterocycles. The zero-order valence-electron chi connectivity index (χ0n) is 14.5. The molecule has 1 unspecified atom stereocenters. The fourth-order valence-corrected chi connectivity index (χ4v) is 3.00. The van der Waals surface area contributed by atoms with Crippen LogP contribution < -0.4 is 4.74 Å². The summed E-state index contributed by atoms with van der Waals surface area (Å²) in [6, 6.07) is 17.1. The van der Waals surface area contributed by atoms with Gasteiger partial charge in [-0.15, -0.1) is 0 Å². The Morgan fingerprint density at radius 3 is 2.48 bits per heavy atom. The number of hydrogen-bond acceptors (Lipinski definition) is 3. The standard InChI is InChI=1S/C21H23NO3/c1-16-7-9-17(10-8-16)20(23)11-12-21(24)22-14-13-19(15-22)25-18-5-3-2-4-6-18/h2-10,19H,11-15H2,1H3. The van der Waals surface area contributed by atoms with E-state index in [1.54, 1.807) is 4.90 Å². The molecule has 1 fully saturated rings. The van der Waals surface area contributed by atoms with Crippen molar-refractivity contribution in [3.05, 3.63) is 65.7 Å². The minimum atomic E-state index is 0.0182. The molecule has 0 aromatic heterocycles. The molecule has 0 radical (unpaired) electrons. The molecule has 3 rings (SSSR count). The van der Waals surface area contributed by atoms with Crippen LogP contribution in [0.3, 0.4) is 0 Å². The van der Waals surface area contributed by atoms with Crippen molar-refractivity contribution in [2.45, 2.75) is 32.3 Å². The minimum absolute atomic E-state index is 0.0182. The van der Waals surface area contributed by atoms with Crippen LogP contribution >= 0.6 is 0 Å². The van der Waals surface area contributed by atoms with E-state index in [1.807, 2.05) is 61.5 Å². The van der Waals surface area contributed by atoms with Gasteiger partial charge >= 0.3 is 0 Å². The van der Waals surface area contributed by atoms with Crippen molar-refractivity contribution >= 4 is 11.7 Å². The number of aryl methyl sites for hydroxylation is 1. The molecular weight excluding hydrogens is 314 g/mol. The van der Waals surface area contributed by atoms with Crippen molar-refractivity contribution in [3.63, 3.8) is 0 Å². The van der Waals surface area contributed by atoms with E-state index in [4.69, 9.17) is 4.74 Å². The largest absolute Gasteiger partial charge is 0.489 e. The van der Waals surface area contributed by atoms with Crippen LogP contribution in [-0.2, 0) is 4.79 Å². The smallest absolute Gasteiger partial charge is 0.223 e. The van der Waals surface area contributed by atoms with Gasteiger partial charge in [0.05, 0.1) is 6.54 Å². The topological polar surface area (TPSA) is 46.6 Å². The Bertz CT molecular complexity index is 725. The number of carbonyl (C=O) groups excluding carboxylic acids is 2. The van der Waals surface area contributed by atoms with Gasteiger partial charge in [0.2, 0.25) is 5.91 Å². The molecule has 2 aromatic rings. The highest BCUT2D eigenvalue weighted by Gasteiger charge is 2.27. The van der Waals surface area contributed by atoms with Gasteiger partial charge < -0.3 is 9.64 Å². The highest BCUT2D eigenvalue weighted by molar-refractivity contribution is 5.98. The van der Waals surface area contributed by atoms with Crippen LogP contribution in [0.25, 0.3) is 0 Å². The number of para-hydroxylation sites is 1. The number of benzene rings is 2. The monoisotopic (exact) mass is 337 g/mol. The second kappa shape index (κ2) is 7.97. The van der Waals surface area contributed by atoms with Crippen molar-refractivity contribution in [2.75, 3.05) is 13.1 Å². The van der Waals surface area contributed by atoms with Gasteiger partial charge in [0.15, 0.2) is 5.78 Å². The Hall–Kier alpha value is -2.62. The number of nitrogens with zero attached hydrogens (tertiary/aromatic N) is 1. The lowest BCUT2D eigenvalue weighted by Crippen LogP contribution is -2.31. The first-order valence-electron chi connectivity index (χ1n) is 8.71. The van der Waals surface area contributed by atoms with E-state index in [2.05, 4.69) is 0 Å². The molecule has 0 bridgehead atoms. The second-order valence-electron chi connectivity index (χ2n) is 6.47. The molecule has 1 heterocycles. The van der Waals surface area contributed by atoms with Crippen LogP contribution in [0.5, 0.6) is 5.75 Å². The summed E-state index contributed by atoms with van der Waals surface area (Å²) in [4.78, 5) is 26.3. The Labute approximate surface area is 148 Å². The minimum Gasteiger partial charge on any atom is -0.489 e. The summed E-state index contributed by atoms with van der Waals surface area (Å²) < 4.78 is 5.90. The summed E-state index contributed by atoms with van der Waals surface area (Å²) in [6.45, 7) is 3.26. The van der Waals surface area contributed by atoms with E-state index >= 15 is 0 Å². The lowest BCUT2D eigenvalue weighted by molar-refractivity contribution is -0.130. The van der Waals surface area contributed by atoms with Gasteiger partial charge in [-0.2, -0.15) is 0 Å². The second-order valence-corrected chi connectivity index (χ2v) is 6.47.